The molecule has 25 heavy (non-hydrogen) atoms. The lowest BCUT2D eigenvalue weighted by Gasteiger charge is -2.38. The minimum absolute atomic E-state index is 0.0694. The number of nitriles is 1. The molecule has 5 nitrogen and oxygen atoms in total. The Morgan fingerprint density at radius 1 is 1.44 bits per heavy atom. The highest BCUT2D eigenvalue weighted by Crippen LogP contribution is 2.50. The number of phenolic OH excluding ortho intramolecular Hbond substituents is 1. The lowest BCUT2D eigenvalue weighted by molar-refractivity contribution is 0.189. The quantitative estimate of drug-likeness (QED) is 0.866. The van der Waals surface area contributed by atoms with E-state index >= 15 is 0 Å². The number of ether oxygens (including phenoxy) is 2. The van der Waals surface area contributed by atoms with Crippen molar-refractivity contribution in [2.75, 3.05) is 6.61 Å². The summed E-state index contributed by atoms with van der Waals surface area (Å²) in [5, 5.41) is 19.9. The second kappa shape index (κ2) is 6.36. The van der Waals surface area contributed by atoms with E-state index in [1.807, 2.05) is 13.0 Å². The van der Waals surface area contributed by atoms with Gasteiger partial charge in [-0.15, -0.1) is 0 Å². The maximum absolute atomic E-state index is 10.3. The zero-order valence-electron chi connectivity index (χ0n) is 14.9. The van der Waals surface area contributed by atoms with Gasteiger partial charge in [0.05, 0.1) is 6.61 Å². The van der Waals surface area contributed by atoms with Crippen molar-refractivity contribution in [3.8, 4) is 17.6 Å². The number of rotatable bonds is 3. The lowest BCUT2D eigenvalue weighted by Crippen LogP contribution is -2.28. The minimum atomic E-state index is -0.272. The molecule has 1 aliphatic carbocycles. The van der Waals surface area contributed by atoms with Crippen LogP contribution in [0.15, 0.2) is 41.0 Å². The average molecular weight is 340 g/mol. The Bertz CT molecular complexity index is 800. The minimum Gasteiger partial charge on any atom is -0.504 e. The van der Waals surface area contributed by atoms with Crippen LogP contribution >= 0.6 is 0 Å². The van der Waals surface area contributed by atoms with E-state index in [4.69, 9.17) is 15.2 Å². The van der Waals surface area contributed by atoms with Crippen molar-refractivity contribution in [1.29, 1.82) is 5.26 Å². The van der Waals surface area contributed by atoms with Crippen LogP contribution in [0.5, 0.6) is 11.5 Å². The third kappa shape index (κ3) is 3.17. The molecule has 132 valence electrons. The third-order valence-corrected chi connectivity index (χ3v) is 4.94. The maximum atomic E-state index is 10.3. The molecule has 0 unspecified atom stereocenters. The van der Waals surface area contributed by atoms with Gasteiger partial charge in [0.2, 0.25) is 5.88 Å². The van der Waals surface area contributed by atoms with Gasteiger partial charge in [-0.3, -0.25) is 0 Å². The van der Waals surface area contributed by atoms with Gasteiger partial charge in [0.25, 0.3) is 0 Å². The first-order valence-corrected chi connectivity index (χ1v) is 8.61. The molecule has 1 atom stereocenters. The standard InChI is InChI=1S/C20H24N2O3/c1-4-24-16-6-5-12(9-15(16)23)18-13-7-8-20(2,3)10-17(13)25-19(22)14(18)11-21/h5-6,9,18,23H,4,7-8,10,22H2,1-3H3/t18-/m0/s1. The van der Waals surface area contributed by atoms with Gasteiger partial charge >= 0.3 is 0 Å². The number of hydrogen-bond donors (Lipinski definition) is 2. The van der Waals surface area contributed by atoms with Crippen molar-refractivity contribution in [2.45, 2.75) is 46.0 Å². The fourth-order valence-corrected chi connectivity index (χ4v) is 3.64. The van der Waals surface area contributed by atoms with Gasteiger partial charge in [-0.05, 0) is 48.4 Å². The van der Waals surface area contributed by atoms with Crippen LogP contribution in [-0.2, 0) is 4.74 Å². The molecule has 0 saturated carbocycles. The first-order valence-electron chi connectivity index (χ1n) is 8.61. The van der Waals surface area contributed by atoms with Gasteiger partial charge in [0, 0.05) is 12.3 Å². The number of nitrogens with zero attached hydrogens (tertiary/aromatic N) is 1. The summed E-state index contributed by atoms with van der Waals surface area (Å²) in [4.78, 5) is 0. The Labute approximate surface area is 148 Å². The average Bonchev–Trinajstić information content (AvgIpc) is 2.54. The fraction of sp³-hybridized carbons (Fsp3) is 0.450. The van der Waals surface area contributed by atoms with Crippen molar-refractivity contribution < 1.29 is 14.6 Å². The van der Waals surface area contributed by atoms with Crippen LogP contribution in [0.2, 0.25) is 0 Å². The Kier molecular flexibility index (Phi) is 4.38. The molecule has 1 aromatic carbocycles. The third-order valence-electron chi connectivity index (χ3n) is 4.94. The number of phenols is 1. The number of allylic oxidation sites excluding steroid dienone is 3. The van der Waals surface area contributed by atoms with Crippen LogP contribution in [0, 0.1) is 16.7 Å². The van der Waals surface area contributed by atoms with E-state index < -0.39 is 0 Å². The molecule has 0 fully saturated rings. The molecular weight excluding hydrogens is 316 g/mol. The van der Waals surface area contributed by atoms with Crippen LogP contribution in [0.25, 0.3) is 0 Å². The summed E-state index contributed by atoms with van der Waals surface area (Å²) in [6.07, 6.45) is 2.66. The summed E-state index contributed by atoms with van der Waals surface area (Å²) in [5.41, 5.74) is 8.52. The molecule has 1 heterocycles. The summed E-state index contributed by atoms with van der Waals surface area (Å²) in [6, 6.07) is 7.48. The smallest absolute Gasteiger partial charge is 0.205 e. The Hall–Kier alpha value is -2.61. The van der Waals surface area contributed by atoms with Gasteiger partial charge < -0.3 is 20.3 Å². The molecule has 3 rings (SSSR count). The molecule has 3 N–H and O–H groups in total. The van der Waals surface area contributed by atoms with Crippen LogP contribution in [0.1, 0.15) is 51.5 Å². The Balaban J connectivity index is 2.07. The van der Waals surface area contributed by atoms with Crippen LogP contribution in [0.3, 0.4) is 0 Å². The molecule has 5 heteroatoms. The molecule has 0 radical (unpaired) electrons. The second-order valence-corrected chi connectivity index (χ2v) is 7.37. The normalized spacial score (nSPS) is 22.1. The monoisotopic (exact) mass is 340 g/mol. The van der Waals surface area contributed by atoms with Gasteiger partial charge in [-0.2, -0.15) is 5.26 Å². The predicted octanol–water partition coefficient (Wildman–Crippen LogP) is 4.06. The highest BCUT2D eigenvalue weighted by molar-refractivity contribution is 5.53. The maximum Gasteiger partial charge on any atom is 0.205 e. The van der Waals surface area contributed by atoms with E-state index in [2.05, 4.69) is 19.9 Å². The number of aromatic hydroxyl groups is 1. The lowest BCUT2D eigenvalue weighted by atomic mass is 9.71. The van der Waals surface area contributed by atoms with Crippen molar-refractivity contribution in [3.05, 3.63) is 46.6 Å². The molecule has 0 amide bonds. The molecule has 1 aromatic rings. The first kappa shape index (κ1) is 17.2. The second-order valence-electron chi connectivity index (χ2n) is 7.37. The highest BCUT2D eigenvalue weighted by Gasteiger charge is 2.38. The van der Waals surface area contributed by atoms with Gasteiger partial charge in [-0.1, -0.05) is 19.9 Å². The number of nitrogens with two attached hydrogens (primary N) is 1. The van der Waals surface area contributed by atoms with Crippen LogP contribution in [-0.4, -0.2) is 11.7 Å². The van der Waals surface area contributed by atoms with E-state index in [0.29, 0.717) is 17.9 Å². The van der Waals surface area contributed by atoms with E-state index in [9.17, 15) is 10.4 Å². The topological polar surface area (TPSA) is 88.5 Å². The zero-order chi connectivity index (χ0) is 18.2. The summed E-state index contributed by atoms with van der Waals surface area (Å²) >= 11 is 0. The van der Waals surface area contributed by atoms with Gasteiger partial charge in [-0.25, -0.2) is 0 Å². The molecule has 0 saturated heterocycles. The van der Waals surface area contributed by atoms with E-state index in [-0.39, 0.29) is 23.0 Å². The number of benzene rings is 1. The molecule has 0 aromatic heterocycles. The largest absolute Gasteiger partial charge is 0.504 e. The number of hydrogen-bond acceptors (Lipinski definition) is 5. The SMILES string of the molecule is CCOc1ccc([C@@H]2C(C#N)=C(N)OC3=C2CCC(C)(C)C3)cc1O. The zero-order valence-corrected chi connectivity index (χ0v) is 14.9. The fourth-order valence-electron chi connectivity index (χ4n) is 3.64. The molecule has 2 aliphatic rings. The van der Waals surface area contributed by atoms with Crippen molar-refractivity contribution in [2.24, 2.45) is 11.1 Å². The highest BCUT2D eigenvalue weighted by atomic mass is 16.5. The van der Waals surface area contributed by atoms with Crippen molar-refractivity contribution >= 4 is 0 Å². The van der Waals surface area contributed by atoms with Gasteiger partial charge in [0.15, 0.2) is 11.5 Å². The predicted molar refractivity (Wildman–Crippen MR) is 94.6 cm³/mol. The molecule has 1 aliphatic heterocycles. The Morgan fingerprint density at radius 3 is 2.84 bits per heavy atom. The molecular formula is C20H24N2O3. The summed E-state index contributed by atoms with van der Waals surface area (Å²) < 4.78 is 11.2. The summed E-state index contributed by atoms with van der Waals surface area (Å²) in [6.45, 7) is 6.75. The summed E-state index contributed by atoms with van der Waals surface area (Å²) in [7, 11) is 0. The van der Waals surface area contributed by atoms with Crippen LogP contribution < -0.4 is 10.5 Å². The molecule has 0 bridgehead atoms. The van der Waals surface area contributed by atoms with E-state index in [0.717, 1.165) is 36.2 Å². The Morgan fingerprint density at radius 2 is 2.20 bits per heavy atom. The van der Waals surface area contributed by atoms with Crippen LogP contribution in [0.4, 0.5) is 0 Å². The first-order chi connectivity index (χ1) is 11.9. The van der Waals surface area contributed by atoms with Crippen molar-refractivity contribution in [3.63, 3.8) is 0 Å². The van der Waals surface area contributed by atoms with E-state index in [1.54, 1.807) is 12.1 Å². The summed E-state index contributed by atoms with van der Waals surface area (Å²) in [5.74, 6) is 1.27. The van der Waals surface area contributed by atoms with E-state index in [1.165, 1.54) is 0 Å². The van der Waals surface area contributed by atoms with Gasteiger partial charge in [0.1, 0.15) is 17.4 Å². The molecule has 0 spiro atoms. The van der Waals surface area contributed by atoms with Crippen molar-refractivity contribution in [1.82, 2.24) is 0 Å².